The van der Waals surface area contributed by atoms with Gasteiger partial charge >= 0.3 is 0 Å². The van der Waals surface area contributed by atoms with Gasteiger partial charge in [-0.2, -0.15) is 10.4 Å². The van der Waals surface area contributed by atoms with E-state index < -0.39 is 0 Å². The van der Waals surface area contributed by atoms with Crippen molar-refractivity contribution in [2.45, 2.75) is 4.90 Å². The Morgan fingerprint density at radius 1 is 1.09 bits per heavy atom. The van der Waals surface area contributed by atoms with Crippen LogP contribution in [0.25, 0.3) is 16.9 Å². The summed E-state index contributed by atoms with van der Waals surface area (Å²) in [5, 5.41) is 13.4. The van der Waals surface area contributed by atoms with Gasteiger partial charge in [-0.1, -0.05) is 12.1 Å². The van der Waals surface area contributed by atoms with Crippen molar-refractivity contribution in [3.05, 3.63) is 66.1 Å². The molecule has 0 aliphatic rings. The highest BCUT2D eigenvalue weighted by Gasteiger charge is 2.11. The maximum Gasteiger partial charge on any atom is 0.163 e. The molecule has 0 saturated heterocycles. The second kappa shape index (κ2) is 6.04. The topological polar surface area (TPSA) is 41.6 Å². The lowest BCUT2D eigenvalue weighted by atomic mass is 10.1. The number of rotatable bonds is 3. The quantitative estimate of drug-likeness (QED) is 0.678. The molecule has 1 aromatic heterocycles. The van der Waals surface area contributed by atoms with E-state index in [-0.39, 0.29) is 5.82 Å². The minimum absolute atomic E-state index is 0.303. The van der Waals surface area contributed by atoms with Gasteiger partial charge in [0.15, 0.2) is 5.69 Å². The predicted molar refractivity (Wildman–Crippen MR) is 85.5 cm³/mol. The molecular formula is C17H12FN3S. The smallest absolute Gasteiger partial charge is 0.163 e. The number of hydrogen-bond donors (Lipinski definition) is 0. The van der Waals surface area contributed by atoms with Crippen LogP contribution in [0.4, 0.5) is 4.39 Å². The third-order valence-electron chi connectivity index (χ3n) is 3.28. The van der Waals surface area contributed by atoms with E-state index in [0.717, 1.165) is 16.2 Å². The average molecular weight is 309 g/mol. The van der Waals surface area contributed by atoms with Crippen molar-refractivity contribution in [2.24, 2.45) is 0 Å². The Hall–Kier alpha value is -2.58. The summed E-state index contributed by atoms with van der Waals surface area (Å²) in [6, 6.07) is 17.9. The maximum atomic E-state index is 13.1. The Balaban J connectivity index is 2.12. The molecule has 0 unspecified atom stereocenters. The molecule has 3 nitrogen and oxygen atoms in total. The van der Waals surface area contributed by atoms with Gasteiger partial charge in [0, 0.05) is 16.5 Å². The molecule has 0 fully saturated rings. The Morgan fingerprint density at radius 3 is 2.36 bits per heavy atom. The van der Waals surface area contributed by atoms with Crippen LogP contribution in [-0.4, -0.2) is 16.0 Å². The van der Waals surface area contributed by atoms with Crippen LogP contribution in [0.5, 0.6) is 0 Å². The van der Waals surface area contributed by atoms with Crippen LogP contribution >= 0.6 is 11.8 Å². The highest BCUT2D eigenvalue weighted by atomic mass is 32.2. The van der Waals surface area contributed by atoms with Gasteiger partial charge in [-0.25, -0.2) is 9.07 Å². The number of hydrogen-bond acceptors (Lipinski definition) is 3. The van der Waals surface area contributed by atoms with Crippen molar-refractivity contribution in [3.63, 3.8) is 0 Å². The number of nitriles is 1. The third kappa shape index (κ3) is 2.74. The van der Waals surface area contributed by atoms with Crippen molar-refractivity contribution < 1.29 is 4.39 Å². The summed E-state index contributed by atoms with van der Waals surface area (Å²) in [6.45, 7) is 0. The molecule has 0 aliphatic heterocycles. The summed E-state index contributed by atoms with van der Waals surface area (Å²) in [6.07, 6.45) is 2.02. The van der Waals surface area contributed by atoms with E-state index in [0.29, 0.717) is 11.4 Å². The van der Waals surface area contributed by atoms with Crippen LogP contribution in [-0.2, 0) is 0 Å². The number of nitrogens with zero attached hydrogens (tertiary/aromatic N) is 3. The highest BCUT2D eigenvalue weighted by Crippen LogP contribution is 2.26. The van der Waals surface area contributed by atoms with Gasteiger partial charge in [-0.15, -0.1) is 11.8 Å². The zero-order valence-corrected chi connectivity index (χ0v) is 12.6. The molecule has 0 atom stereocenters. The summed E-state index contributed by atoms with van der Waals surface area (Å²) in [7, 11) is 0. The first-order valence-corrected chi connectivity index (χ1v) is 7.84. The van der Waals surface area contributed by atoms with E-state index in [1.54, 1.807) is 34.6 Å². The summed E-state index contributed by atoms with van der Waals surface area (Å²) in [5.41, 5.74) is 2.80. The fraction of sp³-hybridized carbons (Fsp3) is 0.0588. The SMILES string of the molecule is CSc1ccc(-c2cc(C#N)nn2-c2ccc(F)cc2)cc1. The highest BCUT2D eigenvalue weighted by molar-refractivity contribution is 7.98. The third-order valence-corrected chi connectivity index (χ3v) is 4.02. The van der Waals surface area contributed by atoms with E-state index >= 15 is 0 Å². The summed E-state index contributed by atoms with van der Waals surface area (Å²) >= 11 is 1.67. The van der Waals surface area contributed by atoms with Crippen molar-refractivity contribution in [2.75, 3.05) is 6.26 Å². The lowest BCUT2D eigenvalue weighted by Gasteiger charge is -2.08. The molecule has 0 N–H and O–H groups in total. The van der Waals surface area contributed by atoms with Crippen molar-refractivity contribution >= 4 is 11.8 Å². The number of thioether (sulfide) groups is 1. The van der Waals surface area contributed by atoms with E-state index in [1.165, 1.54) is 12.1 Å². The summed E-state index contributed by atoms with van der Waals surface area (Å²) < 4.78 is 14.8. The van der Waals surface area contributed by atoms with Crippen molar-refractivity contribution in [3.8, 4) is 23.0 Å². The van der Waals surface area contributed by atoms with Crippen LogP contribution in [0.1, 0.15) is 5.69 Å². The van der Waals surface area contributed by atoms with Gasteiger partial charge < -0.3 is 0 Å². The maximum absolute atomic E-state index is 13.1. The Bertz CT molecular complexity index is 830. The van der Waals surface area contributed by atoms with Crippen LogP contribution in [0.2, 0.25) is 0 Å². The second-order valence-corrected chi connectivity index (χ2v) is 5.52. The van der Waals surface area contributed by atoms with Gasteiger partial charge in [0.25, 0.3) is 0 Å². The second-order valence-electron chi connectivity index (χ2n) is 4.64. The minimum atomic E-state index is -0.303. The zero-order chi connectivity index (χ0) is 15.5. The summed E-state index contributed by atoms with van der Waals surface area (Å²) in [5.74, 6) is -0.303. The number of halogens is 1. The fourth-order valence-electron chi connectivity index (χ4n) is 2.18. The fourth-order valence-corrected chi connectivity index (χ4v) is 2.59. The van der Waals surface area contributed by atoms with Gasteiger partial charge in [0.1, 0.15) is 11.9 Å². The van der Waals surface area contributed by atoms with Gasteiger partial charge in [-0.3, -0.25) is 0 Å². The molecule has 0 saturated carbocycles. The van der Waals surface area contributed by atoms with Crippen LogP contribution < -0.4 is 0 Å². The van der Waals surface area contributed by atoms with Crippen molar-refractivity contribution in [1.29, 1.82) is 5.26 Å². The minimum Gasteiger partial charge on any atom is -0.232 e. The molecule has 0 spiro atoms. The van der Waals surface area contributed by atoms with Gasteiger partial charge in [-0.05, 0) is 42.7 Å². The van der Waals surface area contributed by atoms with Gasteiger partial charge in [0.2, 0.25) is 0 Å². The Kier molecular flexibility index (Phi) is 3.94. The summed E-state index contributed by atoms with van der Waals surface area (Å²) in [4.78, 5) is 1.16. The molecule has 0 aliphatic carbocycles. The molecule has 22 heavy (non-hydrogen) atoms. The first-order valence-electron chi connectivity index (χ1n) is 6.62. The zero-order valence-electron chi connectivity index (χ0n) is 11.8. The molecule has 0 amide bonds. The van der Waals surface area contributed by atoms with E-state index in [1.807, 2.05) is 30.5 Å². The monoisotopic (exact) mass is 309 g/mol. The Labute approximate surface area is 132 Å². The standard InChI is InChI=1S/C17H12FN3S/c1-22-16-8-2-12(3-9-16)17-10-14(11-19)20-21(17)15-6-4-13(18)5-7-15/h2-10H,1H3. The van der Waals surface area contributed by atoms with Crippen molar-refractivity contribution in [1.82, 2.24) is 9.78 Å². The largest absolute Gasteiger partial charge is 0.232 e. The number of aromatic nitrogens is 2. The first-order chi connectivity index (χ1) is 10.7. The Morgan fingerprint density at radius 2 is 1.77 bits per heavy atom. The first kappa shape index (κ1) is 14.4. The molecule has 2 aromatic carbocycles. The molecule has 1 heterocycles. The van der Waals surface area contributed by atoms with Crippen LogP contribution in [0.3, 0.4) is 0 Å². The molecular weight excluding hydrogens is 297 g/mol. The van der Waals surface area contributed by atoms with Crippen LogP contribution in [0, 0.1) is 17.1 Å². The molecule has 3 rings (SSSR count). The lowest BCUT2D eigenvalue weighted by molar-refractivity contribution is 0.627. The van der Waals surface area contributed by atoms with E-state index in [4.69, 9.17) is 5.26 Å². The van der Waals surface area contributed by atoms with Gasteiger partial charge in [0.05, 0.1) is 11.4 Å². The normalized spacial score (nSPS) is 10.4. The molecule has 0 bridgehead atoms. The van der Waals surface area contributed by atoms with E-state index in [2.05, 4.69) is 11.2 Å². The molecule has 108 valence electrons. The molecule has 3 aromatic rings. The predicted octanol–water partition coefficient (Wildman–Crippen LogP) is 4.27. The van der Waals surface area contributed by atoms with Crippen LogP contribution in [0.15, 0.2) is 59.5 Å². The lowest BCUT2D eigenvalue weighted by Crippen LogP contribution is -1.99. The number of benzene rings is 2. The molecule has 5 heteroatoms. The average Bonchev–Trinajstić information content (AvgIpc) is 3.00. The van der Waals surface area contributed by atoms with E-state index in [9.17, 15) is 4.39 Å². The molecule has 0 radical (unpaired) electrons.